The molecule has 0 radical (unpaired) electrons. The van der Waals surface area contributed by atoms with E-state index in [1.54, 1.807) is 6.08 Å². The molecule has 0 saturated heterocycles. The Balaban J connectivity index is 2.39. The summed E-state index contributed by atoms with van der Waals surface area (Å²) in [6, 6.07) is 0. The van der Waals surface area contributed by atoms with Crippen LogP contribution in [0.2, 0.25) is 0 Å². The fourth-order valence-corrected chi connectivity index (χ4v) is 1.60. The van der Waals surface area contributed by atoms with Crippen molar-refractivity contribution in [3.05, 3.63) is 12.2 Å². The van der Waals surface area contributed by atoms with Gasteiger partial charge in [-0.25, -0.2) is 0 Å². The summed E-state index contributed by atoms with van der Waals surface area (Å²) in [5.74, 6) is 0.0164. The lowest BCUT2D eigenvalue weighted by atomic mass is 9.91. The molecular weight excluding hydrogens is 192 g/mol. The molecule has 1 atom stereocenters. The number of hydrogen-bond acceptors (Lipinski definition) is 3. The average Bonchev–Trinajstić information content (AvgIpc) is 1.99. The largest absolute Gasteiger partial charge is 0.460 e. The van der Waals surface area contributed by atoms with Gasteiger partial charge in [0.15, 0.2) is 5.78 Å². The number of rotatable bonds is 2. The van der Waals surface area contributed by atoms with Crippen LogP contribution in [0.15, 0.2) is 12.2 Å². The van der Waals surface area contributed by atoms with Gasteiger partial charge in [-0.2, -0.15) is 0 Å². The number of esters is 1. The highest BCUT2D eigenvalue weighted by Crippen LogP contribution is 2.21. The number of ketones is 1. The first kappa shape index (κ1) is 12.0. The van der Waals surface area contributed by atoms with Crippen LogP contribution in [0.25, 0.3) is 0 Å². The molecular formula is C12H18O3. The van der Waals surface area contributed by atoms with Gasteiger partial charge in [0.05, 0.1) is 0 Å². The van der Waals surface area contributed by atoms with Gasteiger partial charge in [0.25, 0.3) is 0 Å². The van der Waals surface area contributed by atoms with E-state index in [2.05, 4.69) is 0 Å². The molecule has 0 bridgehead atoms. The van der Waals surface area contributed by atoms with Crippen molar-refractivity contribution in [1.29, 1.82) is 0 Å². The van der Waals surface area contributed by atoms with E-state index in [9.17, 15) is 9.59 Å². The molecule has 0 heterocycles. The first-order chi connectivity index (χ1) is 6.87. The molecule has 0 N–H and O–H groups in total. The van der Waals surface area contributed by atoms with Gasteiger partial charge in [0.2, 0.25) is 0 Å². The average molecular weight is 210 g/mol. The third-order valence-corrected chi connectivity index (χ3v) is 2.14. The molecule has 1 aliphatic carbocycles. The zero-order chi connectivity index (χ0) is 11.5. The highest BCUT2D eigenvalue weighted by atomic mass is 16.6. The first-order valence-electron chi connectivity index (χ1n) is 5.28. The lowest BCUT2D eigenvalue weighted by Gasteiger charge is -2.22. The van der Waals surface area contributed by atoms with Gasteiger partial charge in [-0.3, -0.25) is 9.59 Å². The fourth-order valence-electron chi connectivity index (χ4n) is 1.60. The summed E-state index contributed by atoms with van der Waals surface area (Å²) in [6.07, 6.45) is 5.03. The Bertz CT molecular complexity index is 284. The van der Waals surface area contributed by atoms with Crippen molar-refractivity contribution in [2.45, 2.75) is 45.6 Å². The number of carbonyl (C=O) groups excluding carboxylic acids is 2. The van der Waals surface area contributed by atoms with E-state index in [0.29, 0.717) is 12.8 Å². The molecule has 0 amide bonds. The highest BCUT2D eigenvalue weighted by Gasteiger charge is 2.22. The molecule has 0 spiro atoms. The van der Waals surface area contributed by atoms with Crippen molar-refractivity contribution in [2.24, 2.45) is 5.92 Å². The maximum atomic E-state index is 11.5. The van der Waals surface area contributed by atoms with Crippen molar-refractivity contribution in [3.8, 4) is 0 Å². The molecule has 0 aromatic carbocycles. The molecule has 1 rings (SSSR count). The van der Waals surface area contributed by atoms with E-state index in [-0.39, 0.29) is 17.7 Å². The topological polar surface area (TPSA) is 43.4 Å². The Hall–Kier alpha value is -1.12. The molecule has 1 aliphatic rings. The van der Waals surface area contributed by atoms with Gasteiger partial charge in [0.1, 0.15) is 5.60 Å². The highest BCUT2D eigenvalue weighted by molar-refractivity contribution is 5.90. The van der Waals surface area contributed by atoms with E-state index in [1.165, 1.54) is 0 Å². The van der Waals surface area contributed by atoms with E-state index in [4.69, 9.17) is 4.74 Å². The van der Waals surface area contributed by atoms with Crippen LogP contribution in [0.5, 0.6) is 0 Å². The van der Waals surface area contributed by atoms with E-state index >= 15 is 0 Å². The van der Waals surface area contributed by atoms with Crippen LogP contribution < -0.4 is 0 Å². The second-order valence-corrected chi connectivity index (χ2v) is 4.97. The second kappa shape index (κ2) is 4.60. The van der Waals surface area contributed by atoms with E-state index in [0.717, 1.165) is 6.42 Å². The van der Waals surface area contributed by atoms with Gasteiger partial charge in [-0.05, 0) is 39.2 Å². The zero-order valence-electron chi connectivity index (χ0n) is 9.58. The lowest BCUT2D eigenvalue weighted by molar-refractivity contribution is -0.156. The van der Waals surface area contributed by atoms with Crippen molar-refractivity contribution in [2.75, 3.05) is 0 Å². The third kappa shape index (κ3) is 4.77. The van der Waals surface area contributed by atoms with Crippen LogP contribution in [0.3, 0.4) is 0 Å². The molecule has 0 aromatic rings. The number of hydrogen-bond donors (Lipinski definition) is 0. The van der Waals surface area contributed by atoms with E-state index < -0.39 is 5.60 Å². The maximum absolute atomic E-state index is 11.5. The van der Waals surface area contributed by atoms with E-state index in [1.807, 2.05) is 26.8 Å². The smallest absolute Gasteiger partial charge is 0.306 e. The van der Waals surface area contributed by atoms with Crippen molar-refractivity contribution in [3.63, 3.8) is 0 Å². The normalized spacial score (nSPS) is 21.5. The van der Waals surface area contributed by atoms with Crippen molar-refractivity contribution < 1.29 is 14.3 Å². The molecule has 3 nitrogen and oxygen atoms in total. The third-order valence-electron chi connectivity index (χ3n) is 2.14. The van der Waals surface area contributed by atoms with Crippen LogP contribution in [-0.4, -0.2) is 17.4 Å². The molecule has 0 unspecified atom stereocenters. The number of carbonyl (C=O) groups is 2. The van der Waals surface area contributed by atoms with Gasteiger partial charge in [-0.1, -0.05) is 6.08 Å². The standard InChI is InChI=1S/C12H18O3/c1-12(2,3)15-11(14)8-9-5-4-6-10(13)7-9/h4,6,9H,5,7-8H2,1-3H3/t9-/m0/s1. The molecule has 3 heteroatoms. The molecule has 15 heavy (non-hydrogen) atoms. The zero-order valence-corrected chi connectivity index (χ0v) is 9.58. The van der Waals surface area contributed by atoms with Crippen LogP contribution >= 0.6 is 0 Å². The minimum Gasteiger partial charge on any atom is -0.460 e. The van der Waals surface area contributed by atoms with Crippen LogP contribution in [0.1, 0.15) is 40.0 Å². The molecule has 0 aromatic heterocycles. The Morgan fingerprint density at radius 3 is 2.73 bits per heavy atom. The molecule has 84 valence electrons. The second-order valence-electron chi connectivity index (χ2n) is 4.97. The summed E-state index contributed by atoms with van der Waals surface area (Å²) in [5, 5.41) is 0. The van der Waals surface area contributed by atoms with Crippen LogP contribution in [0, 0.1) is 5.92 Å². The Morgan fingerprint density at radius 2 is 2.20 bits per heavy atom. The van der Waals surface area contributed by atoms with Crippen LogP contribution in [0.4, 0.5) is 0 Å². The first-order valence-corrected chi connectivity index (χ1v) is 5.28. The molecule has 0 fully saturated rings. The Labute approximate surface area is 90.5 Å². The predicted octanol–water partition coefficient (Wildman–Crippen LogP) is 2.25. The van der Waals surface area contributed by atoms with Gasteiger partial charge in [0, 0.05) is 12.8 Å². The Morgan fingerprint density at radius 1 is 1.53 bits per heavy atom. The van der Waals surface area contributed by atoms with Crippen molar-refractivity contribution >= 4 is 11.8 Å². The lowest BCUT2D eigenvalue weighted by Crippen LogP contribution is -2.26. The monoisotopic (exact) mass is 210 g/mol. The Kier molecular flexibility index (Phi) is 3.66. The summed E-state index contributed by atoms with van der Waals surface area (Å²) >= 11 is 0. The van der Waals surface area contributed by atoms with Gasteiger partial charge in [-0.15, -0.1) is 0 Å². The summed E-state index contributed by atoms with van der Waals surface area (Å²) in [5.41, 5.74) is -0.439. The molecule has 0 aliphatic heterocycles. The maximum Gasteiger partial charge on any atom is 0.306 e. The number of ether oxygens (including phenoxy) is 1. The minimum absolute atomic E-state index is 0.106. The summed E-state index contributed by atoms with van der Waals surface area (Å²) in [4.78, 5) is 22.6. The minimum atomic E-state index is -0.439. The number of allylic oxidation sites excluding steroid dienone is 2. The summed E-state index contributed by atoms with van der Waals surface area (Å²) in [6.45, 7) is 5.53. The summed E-state index contributed by atoms with van der Waals surface area (Å²) in [7, 11) is 0. The van der Waals surface area contributed by atoms with Gasteiger partial charge < -0.3 is 4.74 Å². The fraction of sp³-hybridized carbons (Fsp3) is 0.667. The quantitative estimate of drug-likeness (QED) is 0.656. The molecule has 0 saturated carbocycles. The van der Waals surface area contributed by atoms with Gasteiger partial charge >= 0.3 is 5.97 Å². The SMILES string of the molecule is CC(C)(C)OC(=O)C[C@H]1CC=CC(=O)C1. The predicted molar refractivity (Wildman–Crippen MR) is 57.3 cm³/mol. The summed E-state index contributed by atoms with van der Waals surface area (Å²) < 4.78 is 5.20. The van der Waals surface area contributed by atoms with Crippen molar-refractivity contribution in [1.82, 2.24) is 0 Å². The van der Waals surface area contributed by atoms with Crippen LogP contribution in [-0.2, 0) is 14.3 Å².